The Labute approximate surface area is 237 Å². The Hall–Kier alpha value is -2.36. The van der Waals surface area contributed by atoms with Crippen molar-refractivity contribution in [1.29, 1.82) is 0 Å². The Morgan fingerprint density at radius 3 is 1.28 bits per heavy atom. The van der Waals surface area contributed by atoms with Gasteiger partial charge in [-0.2, -0.15) is 0 Å². The van der Waals surface area contributed by atoms with Crippen molar-refractivity contribution >= 4 is 0 Å². The molecule has 216 valence electrons. The molecule has 0 amide bonds. The van der Waals surface area contributed by atoms with Crippen LogP contribution in [0.3, 0.4) is 0 Å². The summed E-state index contributed by atoms with van der Waals surface area (Å²) in [6, 6.07) is 9.20. The van der Waals surface area contributed by atoms with Crippen LogP contribution in [0.5, 0.6) is 23.0 Å². The van der Waals surface area contributed by atoms with Crippen LogP contribution < -0.4 is 18.9 Å². The molecule has 2 aliphatic rings. The minimum Gasteiger partial charge on any atom is -0.490 e. The van der Waals surface area contributed by atoms with E-state index in [1.807, 2.05) is 0 Å². The molecule has 4 rings (SSSR count). The zero-order valence-corrected chi connectivity index (χ0v) is 26.3. The van der Waals surface area contributed by atoms with Crippen molar-refractivity contribution < 1.29 is 18.9 Å². The van der Waals surface area contributed by atoms with Gasteiger partial charge in [0.25, 0.3) is 0 Å². The molecule has 0 aliphatic heterocycles. The largest absolute Gasteiger partial charge is 0.490 e. The SMILES string of the molecule is CCCCOc1cc2c(cc1OC(C)C)C(C)(C)CC21CC(C)(C)c2cc(OC(C)C)c(OCCCC)cc21. The molecule has 0 radical (unpaired) electrons. The minimum absolute atomic E-state index is 0.000393. The van der Waals surface area contributed by atoms with Gasteiger partial charge >= 0.3 is 0 Å². The molecule has 1 spiro atoms. The summed E-state index contributed by atoms with van der Waals surface area (Å²) < 4.78 is 25.4. The van der Waals surface area contributed by atoms with Crippen molar-refractivity contribution in [2.24, 2.45) is 0 Å². The lowest BCUT2D eigenvalue weighted by Crippen LogP contribution is -2.27. The third kappa shape index (κ3) is 5.77. The first kappa shape index (κ1) is 29.6. The van der Waals surface area contributed by atoms with Gasteiger partial charge < -0.3 is 18.9 Å². The highest BCUT2D eigenvalue weighted by Gasteiger charge is 2.57. The van der Waals surface area contributed by atoms with E-state index in [1.54, 1.807) is 0 Å². The summed E-state index contributed by atoms with van der Waals surface area (Å²) in [7, 11) is 0. The van der Waals surface area contributed by atoms with E-state index in [-0.39, 0.29) is 28.5 Å². The zero-order valence-electron chi connectivity index (χ0n) is 26.3. The lowest BCUT2D eigenvalue weighted by Gasteiger charge is -2.31. The van der Waals surface area contributed by atoms with E-state index in [0.29, 0.717) is 13.2 Å². The van der Waals surface area contributed by atoms with Gasteiger partial charge in [-0.1, -0.05) is 54.4 Å². The fourth-order valence-electron chi connectivity index (χ4n) is 6.89. The zero-order chi connectivity index (χ0) is 28.6. The molecule has 0 fully saturated rings. The van der Waals surface area contributed by atoms with Gasteiger partial charge in [-0.3, -0.25) is 0 Å². The Bertz CT molecular complexity index is 1070. The maximum Gasteiger partial charge on any atom is 0.161 e. The summed E-state index contributed by atoms with van der Waals surface area (Å²) in [6.45, 7) is 23.7. The first-order valence-electron chi connectivity index (χ1n) is 15.3. The fraction of sp³-hybridized carbons (Fsp3) is 0.657. The predicted molar refractivity (Wildman–Crippen MR) is 161 cm³/mol. The summed E-state index contributed by atoms with van der Waals surface area (Å²) in [6.07, 6.45) is 6.53. The van der Waals surface area contributed by atoms with Gasteiger partial charge in [0.2, 0.25) is 0 Å². The molecular weight excluding hydrogens is 484 g/mol. The molecule has 0 bridgehead atoms. The van der Waals surface area contributed by atoms with E-state index >= 15 is 0 Å². The van der Waals surface area contributed by atoms with Crippen LogP contribution in [-0.2, 0) is 16.2 Å². The van der Waals surface area contributed by atoms with Gasteiger partial charge in [0, 0.05) is 5.41 Å². The molecule has 0 saturated heterocycles. The lowest BCUT2D eigenvalue weighted by atomic mass is 9.72. The van der Waals surface area contributed by atoms with E-state index in [9.17, 15) is 0 Å². The lowest BCUT2D eigenvalue weighted by molar-refractivity contribution is 0.219. The van der Waals surface area contributed by atoms with Crippen LogP contribution in [0.1, 0.15) is 130 Å². The summed E-state index contributed by atoms with van der Waals surface area (Å²) in [4.78, 5) is 0. The monoisotopic (exact) mass is 536 g/mol. The van der Waals surface area contributed by atoms with Gasteiger partial charge in [0.1, 0.15) is 0 Å². The molecule has 2 aliphatic carbocycles. The Balaban J connectivity index is 1.91. The highest BCUT2D eigenvalue weighted by Crippen LogP contribution is 2.65. The van der Waals surface area contributed by atoms with Crippen LogP contribution in [0.15, 0.2) is 24.3 Å². The van der Waals surface area contributed by atoms with E-state index in [1.165, 1.54) is 22.3 Å². The van der Waals surface area contributed by atoms with Crippen LogP contribution in [0.25, 0.3) is 0 Å². The number of ether oxygens (including phenoxy) is 4. The molecule has 0 atom stereocenters. The van der Waals surface area contributed by atoms with Crippen LogP contribution in [0, 0.1) is 0 Å². The topological polar surface area (TPSA) is 36.9 Å². The summed E-state index contributed by atoms with van der Waals surface area (Å²) in [5.74, 6) is 3.48. The van der Waals surface area contributed by atoms with Crippen molar-refractivity contribution in [3.8, 4) is 23.0 Å². The maximum atomic E-state index is 6.40. The van der Waals surface area contributed by atoms with Crippen LogP contribution in [0.4, 0.5) is 0 Å². The van der Waals surface area contributed by atoms with Crippen LogP contribution >= 0.6 is 0 Å². The quantitative estimate of drug-likeness (QED) is 0.253. The fourth-order valence-corrected chi connectivity index (χ4v) is 6.89. The molecule has 0 heterocycles. The van der Waals surface area contributed by atoms with Gasteiger partial charge in [0.05, 0.1) is 25.4 Å². The molecule has 0 aromatic heterocycles. The number of unbranched alkanes of at least 4 members (excludes halogenated alkanes) is 2. The van der Waals surface area contributed by atoms with E-state index in [4.69, 9.17) is 18.9 Å². The van der Waals surface area contributed by atoms with Crippen LogP contribution in [0.2, 0.25) is 0 Å². The second-order valence-electron chi connectivity index (χ2n) is 13.6. The highest BCUT2D eigenvalue weighted by atomic mass is 16.5. The van der Waals surface area contributed by atoms with Crippen molar-refractivity contribution in [2.45, 2.75) is 136 Å². The normalized spacial score (nSPS) is 17.9. The van der Waals surface area contributed by atoms with Gasteiger partial charge in [-0.05, 0) is 111 Å². The summed E-state index contributed by atoms with van der Waals surface area (Å²) >= 11 is 0. The molecule has 2 aromatic rings. The maximum absolute atomic E-state index is 6.40. The average Bonchev–Trinajstić information content (AvgIpc) is 3.18. The van der Waals surface area contributed by atoms with Gasteiger partial charge in [-0.25, -0.2) is 0 Å². The van der Waals surface area contributed by atoms with E-state index in [0.717, 1.165) is 61.5 Å². The average molecular weight is 537 g/mol. The van der Waals surface area contributed by atoms with Crippen molar-refractivity contribution in [3.63, 3.8) is 0 Å². The number of hydrogen-bond donors (Lipinski definition) is 0. The number of rotatable bonds is 12. The molecule has 0 N–H and O–H groups in total. The molecule has 0 unspecified atom stereocenters. The summed E-state index contributed by atoms with van der Waals surface area (Å²) in [5.41, 5.74) is 5.41. The van der Waals surface area contributed by atoms with Crippen molar-refractivity contribution in [3.05, 3.63) is 46.5 Å². The van der Waals surface area contributed by atoms with Gasteiger partial charge in [0.15, 0.2) is 23.0 Å². The van der Waals surface area contributed by atoms with Crippen LogP contribution in [-0.4, -0.2) is 25.4 Å². The van der Waals surface area contributed by atoms with Crippen molar-refractivity contribution in [2.75, 3.05) is 13.2 Å². The second-order valence-corrected chi connectivity index (χ2v) is 13.6. The van der Waals surface area contributed by atoms with E-state index < -0.39 is 0 Å². The number of hydrogen-bond acceptors (Lipinski definition) is 4. The Morgan fingerprint density at radius 2 is 0.949 bits per heavy atom. The van der Waals surface area contributed by atoms with Crippen molar-refractivity contribution in [1.82, 2.24) is 0 Å². The molecule has 4 nitrogen and oxygen atoms in total. The smallest absolute Gasteiger partial charge is 0.161 e. The number of benzene rings is 2. The number of fused-ring (bicyclic) bond motifs is 4. The molecule has 2 aromatic carbocycles. The summed E-state index contributed by atoms with van der Waals surface area (Å²) in [5, 5.41) is 0. The third-order valence-corrected chi connectivity index (χ3v) is 8.38. The van der Waals surface area contributed by atoms with E-state index in [2.05, 4.69) is 93.5 Å². The standard InChI is InChI=1S/C35H52O4/c1-11-13-15-36-29-19-27-25(17-31(29)38-23(3)4)33(7,8)21-35(27)22-34(9,10)26-18-32(39-24(5)6)30(20-28(26)35)37-16-14-12-2/h17-20,23-24H,11-16,21-22H2,1-10H3. The first-order chi connectivity index (χ1) is 18.3. The van der Waals surface area contributed by atoms with Gasteiger partial charge in [-0.15, -0.1) is 0 Å². The highest BCUT2D eigenvalue weighted by molar-refractivity contribution is 5.66. The molecule has 4 heteroatoms. The predicted octanol–water partition coefficient (Wildman–Crippen LogP) is 9.27. The molecule has 39 heavy (non-hydrogen) atoms. The molecule has 0 saturated carbocycles. The molecular formula is C35H52O4. The third-order valence-electron chi connectivity index (χ3n) is 8.38. The Kier molecular flexibility index (Phi) is 8.55. The first-order valence-corrected chi connectivity index (χ1v) is 15.3. The Morgan fingerprint density at radius 1 is 0.590 bits per heavy atom. The second kappa shape index (κ2) is 11.3. The minimum atomic E-state index is -0.115.